The third-order valence-corrected chi connectivity index (χ3v) is 3.71. The van der Waals surface area contributed by atoms with E-state index in [0.29, 0.717) is 25.6 Å². The van der Waals surface area contributed by atoms with Crippen molar-refractivity contribution in [1.82, 2.24) is 0 Å². The van der Waals surface area contributed by atoms with Crippen molar-refractivity contribution in [3.05, 3.63) is 18.2 Å². The maximum absolute atomic E-state index is 11.5. The highest BCUT2D eigenvalue weighted by Gasteiger charge is 2.14. The molecular weight excluding hydrogens is 266 g/mol. The van der Waals surface area contributed by atoms with E-state index in [9.17, 15) is 8.42 Å². The maximum atomic E-state index is 11.5. The summed E-state index contributed by atoms with van der Waals surface area (Å²) in [5.41, 5.74) is 5.94. The van der Waals surface area contributed by atoms with Gasteiger partial charge in [0.15, 0.2) is 9.84 Å². The van der Waals surface area contributed by atoms with Gasteiger partial charge >= 0.3 is 0 Å². The molecule has 0 radical (unpaired) electrons. The molecule has 0 atom stereocenters. The van der Waals surface area contributed by atoms with Crippen LogP contribution in [0.1, 0.15) is 19.8 Å². The summed E-state index contributed by atoms with van der Waals surface area (Å²) >= 11 is 0. The first-order valence-electron chi connectivity index (χ1n) is 6.26. The number of para-hydroxylation sites is 1. The van der Waals surface area contributed by atoms with Crippen molar-refractivity contribution >= 4 is 15.5 Å². The zero-order valence-corrected chi connectivity index (χ0v) is 12.2. The lowest BCUT2D eigenvalue weighted by molar-refractivity contribution is 0.0982. The Bertz CT molecular complexity index is 499. The fourth-order valence-electron chi connectivity index (χ4n) is 1.53. The van der Waals surface area contributed by atoms with Crippen molar-refractivity contribution in [1.29, 1.82) is 0 Å². The first kappa shape index (κ1) is 15.8. The van der Waals surface area contributed by atoms with Gasteiger partial charge in [0.1, 0.15) is 12.4 Å². The molecule has 0 unspecified atom stereocenters. The van der Waals surface area contributed by atoms with Crippen molar-refractivity contribution in [2.75, 3.05) is 31.8 Å². The van der Waals surface area contributed by atoms with Crippen LogP contribution in [0.4, 0.5) is 5.69 Å². The molecule has 1 rings (SSSR count). The number of nitrogen functional groups attached to an aromatic ring is 1. The lowest BCUT2D eigenvalue weighted by atomic mass is 10.3. The topological polar surface area (TPSA) is 78.6 Å². The smallest absolute Gasteiger partial charge is 0.177 e. The highest BCUT2D eigenvalue weighted by atomic mass is 32.2. The number of rotatable bonds is 8. The van der Waals surface area contributed by atoms with E-state index >= 15 is 0 Å². The van der Waals surface area contributed by atoms with Gasteiger partial charge in [-0.2, -0.15) is 0 Å². The van der Waals surface area contributed by atoms with Crippen LogP contribution < -0.4 is 10.5 Å². The SMILES string of the molecule is CCCCOCCOc1cccc(S(C)(=O)=O)c1N. The Labute approximate surface area is 114 Å². The summed E-state index contributed by atoms with van der Waals surface area (Å²) in [6.07, 6.45) is 3.23. The molecule has 1 aromatic rings. The fraction of sp³-hybridized carbons (Fsp3) is 0.538. The Morgan fingerprint density at radius 2 is 1.95 bits per heavy atom. The van der Waals surface area contributed by atoms with Crippen molar-refractivity contribution in [2.45, 2.75) is 24.7 Å². The van der Waals surface area contributed by atoms with E-state index in [1.54, 1.807) is 12.1 Å². The summed E-state index contributed by atoms with van der Waals surface area (Å²) < 4.78 is 33.8. The van der Waals surface area contributed by atoms with Crippen LogP contribution in [0.2, 0.25) is 0 Å². The molecule has 0 amide bonds. The summed E-state index contributed by atoms with van der Waals surface area (Å²) in [4.78, 5) is 0.0944. The molecule has 6 heteroatoms. The number of hydrogen-bond donors (Lipinski definition) is 1. The Kier molecular flexibility index (Phi) is 6.11. The van der Waals surface area contributed by atoms with Crippen molar-refractivity contribution in [3.8, 4) is 5.75 Å². The van der Waals surface area contributed by atoms with Gasteiger partial charge in [-0.3, -0.25) is 0 Å². The van der Waals surface area contributed by atoms with Crippen LogP contribution in [0.15, 0.2) is 23.1 Å². The second kappa shape index (κ2) is 7.35. The van der Waals surface area contributed by atoms with E-state index in [-0.39, 0.29) is 10.6 Å². The van der Waals surface area contributed by atoms with Gasteiger partial charge in [0.2, 0.25) is 0 Å². The van der Waals surface area contributed by atoms with Crippen LogP contribution in [-0.2, 0) is 14.6 Å². The molecule has 0 aromatic heterocycles. The Balaban J connectivity index is 2.56. The molecule has 1 aromatic carbocycles. The predicted octanol–water partition coefficient (Wildman–Crippen LogP) is 1.87. The molecule has 0 aliphatic heterocycles. The number of benzene rings is 1. The molecular formula is C13H21NO4S. The molecule has 0 bridgehead atoms. The minimum atomic E-state index is -3.33. The van der Waals surface area contributed by atoms with E-state index < -0.39 is 9.84 Å². The predicted molar refractivity (Wildman–Crippen MR) is 75.2 cm³/mol. The highest BCUT2D eigenvalue weighted by Crippen LogP contribution is 2.28. The molecule has 5 nitrogen and oxygen atoms in total. The summed E-state index contributed by atoms with van der Waals surface area (Å²) in [5.74, 6) is 0.377. The van der Waals surface area contributed by atoms with Crippen molar-refractivity contribution in [3.63, 3.8) is 0 Å². The van der Waals surface area contributed by atoms with Gasteiger partial charge < -0.3 is 15.2 Å². The number of nitrogens with two attached hydrogens (primary N) is 1. The van der Waals surface area contributed by atoms with Crippen LogP contribution >= 0.6 is 0 Å². The molecule has 19 heavy (non-hydrogen) atoms. The van der Waals surface area contributed by atoms with Crippen molar-refractivity contribution < 1.29 is 17.9 Å². The maximum Gasteiger partial charge on any atom is 0.177 e. The second-order valence-corrected chi connectivity index (χ2v) is 6.24. The normalized spacial score (nSPS) is 11.5. The third kappa shape index (κ3) is 5.08. The molecule has 108 valence electrons. The number of hydrogen-bond acceptors (Lipinski definition) is 5. The van der Waals surface area contributed by atoms with Gasteiger partial charge in [0.05, 0.1) is 17.2 Å². The van der Waals surface area contributed by atoms with Gasteiger partial charge in [-0.1, -0.05) is 19.4 Å². The molecule has 2 N–H and O–H groups in total. The Morgan fingerprint density at radius 1 is 1.21 bits per heavy atom. The fourth-order valence-corrected chi connectivity index (χ4v) is 2.36. The average Bonchev–Trinajstić information content (AvgIpc) is 2.34. The Hall–Kier alpha value is -1.27. The van der Waals surface area contributed by atoms with E-state index in [1.165, 1.54) is 6.07 Å². The van der Waals surface area contributed by atoms with Gasteiger partial charge in [0.25, 0.3) is 0 Å². The van der Waals surface area contributed by atoms with Crippen LogP contribution in [0.25, 0.3) is 0 Å². The van der Waals surface area contributed by atoms with Gasteiger partial charge in [-0.05, 0) is 18.6 Å². The molecule has 0 heterocycles. The monoisotopic (exact) mass is 287 g/mol. The minimum Gasteiger partial charge on any atom is -0.489 e. The zero-order chi connectivity index (χ0) is 14.3. The van der Waals surface area contributed by atoms with E-state index in [1.807, 2.05) is 0 Å². The van der Waals surface area contributed by atoms with Gasteiger partial charge in [-0.15, -0.1) is 0 Å². The summed E-state index contributed by atoms with van der Waals surface area (Å²) in [6.45, 7) is 3.61. The molecule has 0 aliphatic carbocycles. The summed E-state index contributed by atoms with van der Waals surface area (Å²) in [5, 5.41) is 0. The molecule has 0 saturated heterocycles. The number of anilines is 1. The van der Waals surface area contributed by atoms with E-state index in [4.69, 9.17) is 15.2 Å². The first-order valence-corrected chi connectivity index (χ1v) is 8.15. The Morgan fingerprint density at radius 3 is 2.58 bits per heavy atom. The lowest BCUT2D eigenvalue weighted by Crippen LogP contribution is -2.10. The van der Waals surface area contributed by atoms with Gasteiger partial charge in [-0.25, -0.2) is 8.42 Å². The second-order valence-electron chi connectivity index (χ2n) is 4.25. The highest BCUT2D eigenvalue weighted by molar-refractivity contribution is 7.90. The van der Waals surface area contributed by atoms with Gasteiger partial charge in [0, 0.05) is 12.9 Å². The molecule has 0 fully saturated rings. The summed E-state index contributed by atoms with van der Waals surface area (Å²) in [6, 6.07) is 4.73. The van der Waals surface area contributed by atoms with Crippen molar-refractivity contribution in [2.24, 2.45) is 0 Å². The summed E-state index contributed by atoms with van der Waals surface area (Å²) in [7, 11) is -3.33. The third-order valence-electron chi connectivity index (χ3n) is 2.55. The number of ether oxygens (including phenoxy) is 2. The quantitative estimate of drug-likeness (QED) is 0.583. The minimum absolute atomic E-state index is 0.0944. The number of unbranched alkanes of at least 4 members (excludes halogenated alkanes) is 1. The molecule has 0 spiro atoms. The largest absolute Gasteiger partial charge is 0.489 e. The zero-order valence-electron chi connectivity index (χ0n) is 11.4. The molecule has 0 aliphatic rings. The first-order chi connectivity index (χ1) is 8.96. The van der Waals surface area contributed by atoms with Crippen LogP contribution in [0, 0.1) is 0 Å². The van der Waals surface area contributed by atoms with Crippen LogP contribution in [-0.4, -0.2) is 34.5 Å². The van der Waals surface area contributed by atoms with Crippen LogP contribution in [0.3, 0.4) is 0 Å². The van der Waals surface area contributed by atoms with E-state index in [0.717, 1.165) is 19.1 Å². The van der Waals surface area contributed by atoms with E-state index in [2.05, 4.69) is 6.92 Å². The van der Waals surface area contributed by atoms with Crippen LogP contribution in [0.5, 0.6) is 5.75 Å². The number of sulfone groups is 1. The average molecular weight is 287 g/mol. The lowest BCUT2D eigenvalue weighted by Gasteiger charge is -2.11. The standard InChI is InChI=1S/C13H21NO4S/c1-3-4-8-17-9-10-18-11-6-5-7-12(13(11)14)19(2,15)16/h5-7H,3-4,8-10,14H2,1-2H3. The molecule has 0 saturated carbocycles.